The number of ether oxygens (including phenoxy) is 2. The van der Waals surface area contributed by atoms with Crippen LogP contribution < -0.4 is 5.73 Å². The zero-order valence-corrected chi connectivity index (χ0v) is 13.8. The van der Waals surface area contributed by atoms with Crippen molar-refractivity contribution >= 4 is 11.9 Å². The molecule has 1 rings (SSSR count). The van der Waals surface area contributed by atoms with E-state index in [2.05, 4.69) is 0 Å². The number of benzene rings is 1. The summed E-state index contributed by atoms with van der Waals surface area (Å²) >= 11 is 0. The number of esters is 2. The average molecular weight is 325 g/mol. The highest BCUT2D eigenvalue weighted by atomic mass is 16.7. The minimum absolute atomic E-state index is 0.0763. The Bertz CT molecular complexity index is 589. The topological polar surface area (TPSA) is 119 Å². The van der Waals surface area contributed by atoms with Crippen LogP contribution in [-0.4, -0.2) is 34.5 Å². The van der Waals surface area contributed by atoms with E-state index in [0.29, 0.717) is 5.56 Å². The molecule has 1 aromatic carbocycles. The highest BCUT2D eigenvalue weighted by Gasteiger charge is 2.31. The Morgan fingerprint density at radius 2 is 1.61 bits per heavy atom. The molecule has 0 saturated heterocycles. The molecule has 0 spiro atoms. The largest absolute Gasteiger partial charge is 0.504 e. The van der Waals surface area contributed by atoms with E-state index in [4.69, 9.17) is 15.2 Å². The van der Waals surface area contributed by atoms with Crippen LogP contribution in [0.5, 0.6) is 11.5 Å². The van der Waals surface area contributed by atoms with Crippen molar-refractivity contribution in [2.75, 3.05) is 6.79 Å². The highest BCUT2D eigenvalue weighted by Crippen LogP contribution is 2.26. The van der Waals surface area contributed by atoms with Gasteiger partial charge in [0.05, 0.1) is 5.41 Å². The van der Waals surface area contributed by atoms with Crippen LogP contribution in [0.3, 0.4) is 0 Å². The van der Waals surface area contributed by atoms with E-state index in [1.165, 1.54) is 25.1 Å². The van der Waals surface area contributed by atoms with Crippen LogP contribution in [0.4, 0.5) is 0 Å². The zero-order chi connectivity index (χ0) is 17.8. The zero-order valence-electron chi connectivity index (χ0n) is 13.8. The third kappa shape index (κ3) is 5.45. The molecule has 4 N–H and O–H groups in total. The van der Waals surface area contributed by atoms with Gasteiger partial charge in [-0.3, -0.25) is 4.79 Å². The third-order valence-electron chi connectivity index (χ3n) is 3.07. The molecule has 23 heavy (non-hydrogen) atoms. The van der Waals surface area contributed by atoms with Crippen LogP contribution in [-0.2, 0) is 25.5 Å². The number of hydrogen-bond donors (Lipinski definition) is 3. The van der Waals surface area contributed by atoms with Gasteiger partial charge in [-0.2, -0.15) is 0 Å². The lowest BCUT2D eigenvalue weighted by Crippen LogP contribution is -2.48. The van der Waals surface area contributed by atoms with Gasteiger partial charge in [0.15, 0.2) is 11.5 Å². The van der Waals surface area contributed by atoms with Gasteiger partial charge in [0.2, 0.25) is 6.79 Å². The molecule has 7 heteroatoms. The number of carbonyl (C=O) groups excluding carboxylic acids is 2. The average Bonchev–Trinajstić information content (AvgIpc) is 2.41. The Kier molecular flexibility index (Phi) is 5.60. The second kappa shape index (κ2) is 6.87. The normalized spacial score (nSPS) is 14.0. The molecule has 0 unspecified atom stereocenters. The fourth-order valence-corrected chi connectivity index (χ4v) is 1.69. The number of phenols is 2. The van der Waals surface area contributed by atoms with Crippen molar-refractivity contribution in [3.8, 4) is 11.5 Å². The predicted molar refractivity (Wildman–Crippen MR) is 82.6 cm³/mol. The van der Waals surface area contributed by atoms with E-state index in [0.717, 1.165) is 0 Å². The van der Waals surface area contributed by atoms with E-state index in [1.54, 1.807) is 20.8 Å². The summed E-state index contributed by atoms with van der Waals surface area (Å²) in [7, 11) is 0. The minimum Gasteiger partial charge on any atom is -0.504 e. The molecule has 7 nitrogen and oxygen atoms in total. The molecule has 0 saturated carbocycles. The molecule has 0 aromatic heterocycles. The maximum absolute atomic E-state index is 12.0. The molecule has 0 bridgehead atoms. The smallest absolute Gasteiger partial charge is 0.329 e. The second-order valence-electron chi connectivity index (χ2n) is 6.65. The lowest BCUT2D eigenvalue weighted by molar-refractivity contribution is -0.176. The molecule has 0 aliphatic heterocycles. The van der Waals surface area contributed by atoms with E-state index in [1.807, 2.05) is 0 Å². The lowest BCUT2D eigenvalue weighted by Gasteiger charge is -2.23. The van der Waals surface area contributed by atoms with Crippen molar-refractivity contribution in [1.29, 1.82) is 0 Å². The first-order valence-corrected chi connectivity index (χ1v) is 7.07. The van der Waals surface area contributed by atoms with Crippen LogP contribution in [0, 0.1) is 5.41 Å². The number of nitrogens with two attached hydrogens (primary N) is 1. The monoisotopic (exact) mass is 325 g/mol. The summed E-state index contributed by atoms with van der Waals surface area (Å²) in [5, 5.41) is 18.7. The van der Waals surface area contributed by atoms with Gasteiger partial charge in [0.25, 0.3) is 0 Å². The molecule has 0 radical (unpaired) electrons. The number of carbonyl (C=O) groups is 2. The first-order valence-electron chi connectivity index (χ1n) is 7.07. The summed E-state index contributed by atoms with van der Waals surface area (Å²) < 4.78 is 9.73. The van der Waals surface area contributed by atoms with Crippen LogP contribution in [0.15, 0.2) is 18.2 Å². The van der Waals surface area contributed by atoms with Crippen molar-refractivity contribution in [2.45, 2.75) is 39.7 Å². The molecule has 1 atom stereocenters. The van der Waals surface area contributed by atoms with Gasteiger partial charge in [0, 0.05) is 6.42 Å². The van der Waals surface area contributed by atoms with Crippen molar-refractivity contribution in [2.24, 2.45) is 11.1 Å². The highest BCUT2D eigenvalue weighted by molar-refractivity contribution is 5.81. The summed E-state index contributed by atoms with van der Waals surface area (Å²) in [5.41, 5.74) is 4.40. The minimum atomic E-state index is -1.38. The summed E-state index contributed by atoms with van der Waals surface area (Å²) in [6.07, 6.45) is 0.0763. The fourth-order valence-electron chi connectivity index (χ4n) is 1.69. The Morgan fingerprint density at radius 3 is 2.13 bits per heavy atom. The molecular weight excluding hydrogens is 302 g/mol. The lowest BCUT2D eigenvalue weighted by atomic mass is 9.94. The number of phenolic OH excluding ortho intramolecular Hbond substituents is 2. The van der Waals surface area contributed by atoms with Crippen LogP contribution in [0.2, 0.25) is 0 Å². The van der Waals surface area contributed by atoms with Gasteiger partial charge >= 0.3 is 11.9 Å². The van der Waals surface area contributed by atoms with Crippen molar-refractivity contribution in [3.05, 3.63) is 23.8 Å². The van der Waals surface area contributed by atoms with Crippen LogP contribution >= 0.6 is 0 Å². The van der Waals surface area contributed by atoms with Crippen LogP contribution in [0.25, 0.3) is 0 Å². The van der Waals surface area contributed by atoms with Gasteiger partial charge in [-0.05, 0) is 45.4 Å². The fraction of sp³-hybridized carbons (Fsp3) is 0.500. The summed E-state index contributed by atoms with van der Waals surface area (Å²) in [4.78, 5) is 23.6. The van der Waals surface area contributed by atoms with Crippen molar-refractivity contribution < 1.29 is 29.3 Å². The van der Waals surface area contributed by atoms with Gasteiger partial charge < -0.3 is 25.4 Å². The van der Waals surface area contributed by atoms with Gasteiger partial charge in [-0.1, -0.05) is 6.07 Å². The first-order chi connectivity index (χ1) is 10.4. The number of aromatic hydroxyl groups is 2. The van der Waals surface area contributed by atoms with Gasteiger partial charge in [0.1, 0.15) is 5.54 Å². The van der Waals surface area contributed by atoms with Crippen molar-refractivity contribution in [1.82, 2.24) is 0 Å². The first kappa shape index (κ1) is 18.8. The Morgan fingerprint density at radius 1 is 1.04 bits per heavy atom. The third-order valence-corrected chi connectivity index (χ3v) is 3.07. The Balaban J connectivity index is 2.60. The molecule has 0 heterocycles. The maximum atomic E-state index is 12.0. The molecule has 128 valence electrons. The number of rotatable bonds is 5. The van der Waals surface area contributed by atoms with Gasteiger partial charge in [-0.15, -0.1) is 0 Å². The summed E-state index contributed by atoms with van der Waals surface area (Å²) in [5.74, 6) is -1.80. The Hall–Kier alpha value is -2.28. The second-order valence-corrected chi connectivity index (χ2v) is 6.65. The molecular formula is C16H23NO6. The molecule has 1 aromatic rings. The van der Waals surface area contributed by atoms with Gasteiger partial charge in [-0.25, -0.2) is 4.79 Å². The maximum Gasteiger partial charge on any atom is 0.329 e. The van der Waals surface area contributed by atoms with Crippen LogP contribution in [0.1, 0.15) is 33.3 Å². The van der Waals surface area contributed by atoms with E-state index in [-0.39, 0.29) is 17.9 Å². The molecule has 0 aliphatic rings. The van der Waals surface area contributed by atoms with E-state index >= 15 is 0 Å². The predicted octanol–water partition coefficient (Wildman–Crippen LogP) is 1.45. The number of hydrogen-bond acceptors (Lipinski definition) is 7. The summed E-state index contributed by atoms with van der Waals surface area (Å²) in [6, 6.07) is 4.15. The quantitative estimate of drug-likeness (QED) is 0.426. The Labute approximate surface area is 135 Å². The van der Waals surface area contributed by atoms with E-state index in [9.17, 15) is 19.8 Å². The van der Waals surface area contributed by atoms with E-state index < -0.39 is 29.7 Å². The SMILES string of the molecule is CC(C)(C)C(=O)OCOC(=O)[C@](C)(N)Cc1ccc(O)c(O)c1. The van der Waals surface area contributed by atoms with Crippen molar-refractivity contribution in [3.63, 3.8) is 0 Å². The molecule has 0 fully saturated rings. The molecule has 0 amide bonds. The molecule has 0 aliphatic carbocycles. The standard InChI is InChI=1S/C16H23NO6/c1-15(2,3)13(20)22-9-23-14(21)16(4,17)8-10-5-6-11(18)12(19)7-10/h5-7,18-19H,8-9,17H2,1-4H3/t16-/m1/s1. The summed E-state index contributed by atoms with van der Waals surface area (Å²) in [6.45, 7) is 6.00.